The second-order valence-corrected chi connectivity index (χ2v) is 28.2. The fourth-order valence-corrected chi connectivity index (χ4v) is 14.4. The van der Waals surface area contributed by atoms with Crippen LogP contribution in [0.3, 0.4) is 0 Å². The Morgan fingerprint density at radius 2 is 0.491 bits per heavy atom. The molecule has 0 aromatic carbocycles. The third-order valence-corrected chi connectivity index (χ3v) is 20.3. The maximum atomic E-state index is 12.9. The van der Waals surface area contributed by atoms with Crippen molar-refractivity contribution in [1.29, 1.82) is 0 Å². The standard InChI is InChI=1S/C62H104N4O46/c1-14(74)63-27-36(83)48(21(8-70)98-54(27)95)107-56-29(65-16(3)76)38(85)51(24(11-73)103-56)110-61-47(94)52(111-62-53(43(90)33(80)20(7-69)101-62)112-57-30(66-17(4)77)39(86)50(23(10-72)104-57)109-60-46(93)41(88)32(79)19(6-68)100-60)35(82)26(106-61)13-97-58-44(91)42(89)34(81)25(105-58)12-96-55-28(64-15(2)75)37(84)49(22(9-71)102-55)108-59-45(92)40(87)31(78)18(5-67)99-59/h18-62,67-73,78-95H,5-13H2,1-4H3,(H,63,74)(H,64,75)(H,65,76)(H,66,77)/t18-,19-,20-,21-,22-,23-,24-,25-,26-,27-,28-,29-,30-,31+,32+,33-,34-,35-,36-,37-,38-,39-,40+,41+,42+,43+,44+,45-,46+,47+,48-,49-,50-,51-,52+,53+,54-,55-,56+,57+,58+,59+,60+,61+,62-/m1/s1. The van der Waals surface area contributed by atoms with E-state index in [1.54, 1.807) is 0 Å². The van der Waals surface area contributed by atoms with Crippen molar-refractivity contribution in [2.24, 2.45) is 0 Å². The molecule has 50 nitrogen and oxygen atoms in total. The highest BCUT2D eigenvalue weighted by atomic mass is 16.8. The SMILES string of the molecule is CC(=O)N[C@@H]1[C@@H](O)[C@H](O[C@@H]2O[C@H](CO)[C@@H](O[C@@H]3O[C@H](CO[C@H]4O[C@H](CO[C@@H]5O[C@H](CO)[C@@H](O[C@@H]6O[C@H](CO)[C@H](O)[C@H](O)[C@H]6O)[C@H](O)[C@H]5NC(C)=O)[C@@H](O)[C@H](O)[C@@H]4O)[C@@H](O)[C@H](O[C@H]4O[C@H](CO)[C@@H](O)[C@H](O)[C@@H]4O[C@@H]4O[C@H](CO)[C@@H](O[C@@H]5O[C@H](CO)[C@H](O)[C@H](O)[C@@H]5O)[C@H](O)[C@H]4NC(C)=O)[C@@H]3O)[C@H](O)[C@H]2NC(C)=O)[C@@H](CO)O[C@H]1O. The van der Waals surface area contributed by atoms with Crippen molar-refractivity contribution < 1.29 is 227 Å². The maximum Gasteiger partial charge on any atom is 0.217 e. The number of rotatable bonds is 29. The van der Waals surface area contributed by atoms with Crippen molar-refractivity contribution in [2.45, 2.75) is 304 Å². The van der Waals surface area contributed by atoms with Crippen LogP contribution < -0.4 is 21.3 Å². The van der Waals surface area contributed by atoms with Crippen molar-refractivity contribution >= 4 is 23.6 Å². The predicted octanol–water partition coefficient (Wildman–Crippen LogP) is -20.1. The molecular weight excluding hydrogens is 1540 g/mol. The Morgan fingerprint density at radius 3 is 0.893 bits per heavy atom. The third kappa shape index (κ3) is 20.4. The van der Waals surface area contributed by atoms with Gasteiger partial charge in [0.1, 0.15) is 219 Å². The van der Waals surface area contributed by atoms with Gasteiger partial charge in [-0.05, 0) is 0 Å². The molecule has 45 atom stereocenters. The molecule has 29 N–H and O–H groups in total. The first-order valence-corrected chi connectivity index (χ1v) is 35.6. The molecule has 50 heteroatoms. The summed E-state index contributed by atoms with van der Waals surface area (Å²) < 4.78 is 99.7. The monoisotopic (exact) mass is 1640 g/mol. The molecule has 0 saturated carbocycles. The van der Waals surface area contributed by atoms with Gasteiger partial charge < -0.3 is 229 Å². The van der Waals surface area contributed by atoms with Crippen LogP contribution in [0.4, 0.5) is 0 Å². The summed E-state index contributed by atoms with van der Waals surface area (Å²) in [5.41, 5.74) is 0. The van der Waals surface area contributed by atoms with Gasteiger partial charge in [0.2, 0.25) is 23.6 Å². The van der Waals surface area contributed by atoms with Crippen LogP contribution in [0.25, 0.3) is 0 Å². The Morgan fingerprint density at radius 1 is 0.232 bits per heavy atom. The number of carbonyl (C=O) groups excluding carboxylic acids is 4. The number of ether oxygens (including phenoxy) is 17. The minimum Gasteiger partial charge on any atom is -0.394 e. The molecule has 9 heterocycles. The third-order valence-electron chi connectivity index (χ3n) is 20.3. The molecule has 0 aromatic rings. The van der Waals surface area contributed by atoms with E-state index in [2.05, 4.69) is 21.3 Å². The molecule has 9 aliphatic heterocycles. The summed E-state index contributed by atoms with van der Waals surface area (Å²) in [5.74, 6) is -3.51. The Kier molecular flexibility index (Phi) is 33.1. The first-order chi connectivity index (χ1) is 53.0. The van der Waals surface area contributed by atoms with Crippen molar-refractivity contribution in [2.75, 3.05) is 59.5 Å². The lowest BCUT2D eigenvalue weighted by Crippen LogP contribution is -2.71. The summed E-state index contributed by atoms with van der Waals surface area (Å²) in [6.45, 7) is -5.54. The summed E-state index contributed by atoms with van der Waals surface area (Å²) in [7, 11) is 0. The zero-order valence-electron chi connectivity index (χ0n) is 60.1. The molecule has 9 aliphatic rings. The van der Waals surface area contributed by atoms with E-state index in [-0.39, 0.29) is 0 Å². The van der Waals surface area contributed by atoms with Gasteiger partial charge in [-0.2, -0.15) is 0 Å². The highest BCUT2D eigenvalue weighted by Gasteiger charge is 2.61. The van der Waals surface area contributed by atoms with Gasteiger partial charge in [0.15, 0.2) is 56.6 Å². The molecule has 112 heavy (non-hydrogen) atoms. The normalized spacial score (nSPS) is 48.9. The number of aliphatic hydroxyl groups is 25. The molecule has 0 spiro atoms. The van der Waals surface area contributed by atoms with Crippen LogP contribution in [-0.2, 0) is 99.7 Å². The Labute approximate surface area is 634 Å². The summed E-state index contributed by atoms with van der Waals surface area (Å²) in [6.07, 6.45) is -83.7. The minimum absolute atomic E-state index is 0.782. The first-order valence-electron chi connectivity index (χ1n) is 35.6. The number of carbonyl (C=O) groups is 4. The summed E-state index contributed by atoms with van der Waals surface area (Å²) >= 11 is 0. The molecule has 0 aliphatic carbocycles. The lowest BCUT2D eigenvalue weighted by molar-refractivity contribution is -0.397. The van der Waals surface area contributed by atoms with Crippen LogP contribution in [-0.4, -0.2) is 487 Å². The van der Waals surface area contributed by atoms with Gasteiger partial charge >= 0.3 is 0 Å². The average molecular weight is 1640 g/mol. The van der Waals surface area contributed by atoms with Gasteiger partial charge in [0.25, 0.3) is 0 Å². The van der Waals surface area contributed by atoms with E-state index < -0.39 is 359 Å². The second-order valence-electron chi connectivity index (χ2n) is 28.2. The number of amides is 4. The largest absolute Gasteiger partial charge is 0.394 e. The van der Waals surface area contributed by atoms with Crippen LogP contribution >= 0.6 is 0 Å². The fraction of sp³-hybridized carbons (Fsp3) is 0.935. The number of hydrogen-bond donors (Lipinski definition) is 29. The molecule has 4 amide bonds. The number of hydrogen-bond acceptors (Lipinski definition) is 46. The predicted molar refractivity (Wildman–Crippen MR) is 343 cm³/mol. The quantitative estimate of drug-likeness (QED) is 0.0331. The van der Waals surface area contributed by atoms with Crippen LogP contribution in [0.5, 0.6) is 0 Å². The Balaban J connectivity index is 1.00. The maximum absolute atomic E-state index is 12.9. The molecule has 9 rings (SSSR count). The highest BCUT2D eigenvalue weighted by molar-refractivity contribution is 5.74. The lowest BCUT2D eigenvalue weighted by Gasteiger charge is -2.51. The fourth-order valence-electron chi connectivity index (χ4n) is 14.4. The van der Waals surface area contributed by atoms with E-state index in [0.29, 0.717) is 0 Å². The summed E-state index contributed by atoms with van der Waals surface area (Å²) in [4.78, 5) is 50.6. The number of nitrogens with one attached hydrogen (secondary N) is 4. The topological polar surface area (TPSA) is 779 Å². The molecule has 0 aromatic heterocycles. The van der Waals surface area contributed by atoms with E-state index in [9.17, 15) is 147 Å². The van der Waals surface area contributed by atoms with E-state index >= 15 is 0 Å². The zero-order chi connectivity index (χ0) is 82.5. The van der Waals surface area contributed by atoms with Gasteiger partial charge in [0.05, 0.1) is 59.5 Å². The van der Waals surface area contributed by atoms with E-state index in [1.807, 2.05) is 0 Å². The Hall–Kier alpha value is -3.80. The molecule has 9 saturated heterocycles. The van der Waals surface area contributed by atoms with E-state index in [1.165, 1.54) is 0 Å². The molecular formula is C62H104N4O46. The van der Waals surface area contributed by atoms with Crippen molar-refractivity contribution in [3.05, 3.63) is 0 Å². The van der Waals surface area contributed by atoms with Crippen LogP contribution in [0.2, 0.25) is 0 Å². The van der Waals surface area contributed by atoms with Crippen molar-refractivity contribution in [1.82, 2.24) is 21.3 Å². The molecule has 0 unspecified atom stereocenters. The van der Waals surface area contributed by atoms with Crippen LogP contribution in [0, 0.1) is 0 Å². The smallest absolute Gasteiger partial charge is 0.217 e. The van der Waals surface area contributed by atoms with Gasteiger partial charge in [-0.3, -0.25) is 19.2 Å². The molecule has 9 fully saturated rings. The van der Waals surface area contributed by atoms with Gasteiger partial charge in [-0.25, -0.2) is 0 Å². The summed E-state index contributed by atoms with van der Waals surface area (Å²) in [6, 6.07) is -7.19. The van der Waals surface area contributed by atoms with Crippen LogP contribution in [0.15, 0.2) is 0 Å². The molecule has 648 valence electrons. The van der Waals surface area contributed by atoms with Gasteiger partial charge in [-0.1, -0.05) is 0 Å². The van der Waals surface area contributed by atoms with Crippen LogP contribution in [0.1, 0.15) is 27.7 Å². The highest BCUT2D eigenvalue weighted by Crippen LogP contribution is 2.39. The molecule has 0 radical (unpaired) electrons. The van der Waals surface area contributed by atoms with E-state index in [0.717, 1.165) is 27.7 Å². The van der Waals surface area contributed by atoms with Crippen molar-refractivity contribution in [3.63, 3.8) is 0 Å². The van der Waals surface area contributed by atoms with Crippen molar-refractivity contribution in [3.8, 4) is 0 Å². The summed E-state index contributed by atoms with van der Waals surface area (Å²) in [5, 5.41) is 285. The average Bonchev–Trinajstić information content (AvgIpc) is 0.772. The van der Waals surface area contributed by atoms with Gasteiger partial charge in [-0.15, -0.1) is 0 Å². The van der Waals surface area contributed by atoms with E-state index in [4.69, 9.17) is 80.5 Å². The minimum atomic E-state index is -2.54. The van der Waals surface area contributed by atoms with Gasteiger partial charge in [0, 0.05) is 27.7 Å². The zero-order valence-corrected chi connectivity index (χ0v) is 60.1. The number of aliphatic hydroxyl groups excluding tert-OH is 25. The lowest BCUT2D eigenvalue weighted by atomic mass is 9.93. The second kappa shape index (κ2) is 40.3. The first kappa shape index (κ1) is 92.1. The Bertz CT molecular complexity index is 2970. The molecule has 0 bridgehead atoms.